The Morgan fingerprint density at radius 3 is 2.10 bits per heavy atom. The molecule has 1 heterocycles. The molecular weight excluding hydrogens is 303 g/mol. The van der Waals surface area contributed by atoms with Crippen LogP contribution in [0.25, 0.3) is 11.4 Å². The van der Waals surface area contributed by atoms with Crippen molar-refractivity contribution < 1.29 is 36.4 Å². The quantitative estimate of drug-likeness (QED) is 0.882. The molecule has 0 radical (unpaired) electrons. The van der Waals surface area contributed by atoms with E-state index in [0.717, 1.165) is 24.3 Å². The monoisotopic (exact) mass is 308 g/mol. The zero-order valence-electron chi connectivity index (χ0n) is 9.86. The zero-order valence-corrected chi connectivity index (χ0v) is 9.86. The maximum absolute atomic E-state index is 13.2. The third-order valence-electron chi connectivity index (χ3n) is 2.44. The summed E-state index contributed by atoms with van der Waals surface area (Å²) in [7, 11) is 0. The highest BCUT2D eigenvalue weighted by molar-refractivity contribution is 5.77. The van der Waals surface area contributed by atoms with Gasteiger partial charge in [-0.25, -0.2) is 4.79 Å². The number of aliphatic carboxylic acids is 1. The molecule has 1 aromatic carbocycles. The highest BCUT2D eigenvalue weighted by Crippen LogP contribution is 2.31. The molecule has 0 spiro atoms. The lowest BCUT2D eigenvalue weighted by atomic mass is 10.1. The third kappa shape index (κ3) is 2.83. The lowest BCUT2D eigenvalue weighted by molar-refractivity contribution is -0.166. The van der Waals surface area contributed by atoms with Gasteiger partial charge in [-0.2, -0.15) is 26.9 Å². The fourth-order valence-electron chi connectivity index (χ4n) is 1.41. The molecule has 2 aromatic rings. The molecule has 0 atom stereocenters. The van der Waals surface area contributed by atoms with Gasteiger partial charge in [0, 0.05) is 11.1 Å². The fourth-order valence-corrected chi connectivity index (χ4v) is 1.41. The van der Waals surface area contributed by atoms with E-state index in [4.69, 9.17) is 5.11 Å². The van der Waals surface area contributed by atoms with E-state index in [2.05, 4.69) is 14.7 Å². The van der Waals surface area contributed by atoms with Crippen molar-refractivity contribution in [3.05, 3.63) is 35.7 Å². The van der Waals surface area contributed by atoms with E-state index in [1.807, 2.05) is 0 Å². The van der Waals surface area contributed by atoms with E-state index in [-0.39, 0.29) is 5.56 Å². The van der Waals surface area contributed by atoms with Crippen LogP contribution in [0.4, 0.5) is 22.0 Å². The second-order valence-corrected chi connectivity index (χ2v) is 3.88. The van der Waals surface area contributed by atoms with Gasteiger partial charge >= 0.3 is 24.0 Å². The Kier molecular flexibility index (Phi) is 3.39. The molecular formula is C11H5F5N2O3. The first kappa shape index (κ1) is 14.9. The van der Waals surface area contributed by atoms with Crippen molar-refractivity contribution in [3.8, 4) is 11.4 Å². The van der Waals surface area contributed by atoms with Crippen molar-refractivity contribution in [2.24, 2.45) is 0 Å². The van der Waals surface area contributed by atoms with Gasteiger partial charge in [0.1, 0.15) is 0 Å². The number of hydrogen-bond donors (Lipinski definition) is 1. The Balaban J connectivity index is 2.32. The summed E-state index contributed by atoms with van der Waals surface area (Å²) in [4.78, 5) is 13.4. The van der Waals surface area contributed by atoms with Gasteiger partial charge in [-0.1, -0.05) is 29.4 Å². The van der Waals surface area contributed by atoms with Crippen LogP contribution in [0.15, 0.2) is 28.8 Å². The molecule has 2 rings (SSSR count). The summed E-state index contributed by atoms with van der Waals surface area (Å²) < 4.78 is 67.1. The molecule has 1 N–H and O–H groups in total. The number of carboxylic acid groups (broad SMARTS) is 1. The van der Waals surface area contributed by atoms with Crippen molar-refractivity contribution in [1.29, 1.82) is 0 Å². The number of aromatic nitrogens is 2. The van der Waals surface area contributed by atoms with Crippen molar-refractivity contribution in [1.82, 2.24) is 10.1 Å². The summed E-state index contributed by atoms with van der Waals surface area (Å²) >= 11 is 0. The Morgan fingerprint density at radius 2 is 1.67 bits per heavy atom. The highest BCUT2D eigenvalue weighted by atomic mass is 19.4. The smallest absolute Gasteiger partial charge is 0.471 e. The van der Waals surface area contributed by atoms with Crippen molar-refractivity contribution in [2.75, 3.05) is 0 Å². The maximum Gasteiger partial charge on any atom is 0.471 e. The molecule has 0 aliphatic carbocycles. The second kappa shape index (κ2) is 4.79. The first-order valence-corrected chi connectivity index (χ1v) is 5.25. The number of benzene rings is 1. The largest absolute Gasteiger partial charge is 0.477 e. The van der Waals surface area contributed by atoms with E-state index >= 15 is 0 Å². The minimum Gasteiger partial charge on any atom is -0.477 e. The summed E-state index contributed by atoms with van der Waals surface area (Å²) in [6, 6.07) is 3.45. The van der Waals surface area contributed by atoms with E-state index in [1.54, 1.807) is 0 Å². The van der Waals surface area contributed by atoms with Gasteiger partial charge in [-0.05, 0) is 0 Å². The van der Waals surface area contributed by atoms with Gasteiger partial charge in [0.25, 0.3) is 0 Å². The van der Waals surface area contributed by atoms with Crippen LogP contribution in [-0.4, -0.2) is 21.2 Å². The Hall–Kier alpha value is -2.52. The molecule has 10 heteroatoms. The van der Waals surface area contributed by atoms with Crippen LogP contribution in [0, 0.1) is 0 Å². The predicted molar refractivity (Wildman–Crippen MR) is 56.3 cm³/mol. The number of alkyl halides is 5. The molecule has 0 saturated carbocycles. The van der Waals surface area contributed by atoms with Crippen LogP contribution >= 0.6 is 0 Å². The molecule has 0 unspecified atom stereocenters. The Bertz CT molecular complexity index is 663. The summed E-state index contributed by atoms with van der Waals surface area (Å²) in [6.07, 6.45) is -4.82. The fraction of sp³-hybridized carbons (Fsp3) is 0.182. The Morgan fingerprint density at radius 1 is 1.10 bits per heavy atom. The second-order valence-electron chi connectivity index (χ2n) is 3.88. The standard InChI is InChI=1S/C11H5F5N2O3/c12-10(13,9(19)20)6-3-1-5(2-4-6)7-17-8(21-18-7)11(14,15)16/h1-4H,(H,19,20). The lowest BCUT2D eigenvalue weighted by Crippen LogP contribution is -2.25. The molecule has 0 aliphatic heterocycles. The number of rotatable bonds is 3. The van der Waals surface area contributed by atoms with Crippen molar-refractivity contribution >= 4 is 5.97 Å². The van der Waals surface area contributed by atoms with Crippen LogP contribution in [-0.2, 0) is 16.9 Å². The summed E-state index contributed by atoms with van der Waals surface area (Å²) in [6.45, 7) is 0. The average molecular weight is 308 g/mol. The number of nitrogens with zero attached hydrogens (tertiary/aromatic N) is 2. The van der Waals surface area contributed by atoms with Crippen LogP contribution in [0.1, 0.15) is 11.5 Å². The van der Waals surface area contributed by atoms with Gasteiger partial charge in [0.2, 0.25) is 5.82 Å². The predicted octanol–water partition coefficient (Wildman–Crippen LogP) is 2.93. The molecule has 0 bridgehead atoms. The van der Waals surface area contributed by atoms with Gasteiger partial charge in [0.05, 0.1) is 0 Å². The first-order valence-electron chi connectivity index (χ1n) is 5.25. The van der Waals surface area contributed by atoms with Crippen LogP contribution in [0.2, 0.25) is 0 Å². The summed E-state index contributed by atoms with van der Waals surface area (Å²) in [5, 5.41) is 11.4. The highest BCUT2D eigenvalue weighted by Gasteiger charge is 2.41. The van der Waals surface area contributed by atoms with Gasteiger partial charge < -0.3 is 9.63 Å². The molecule has 112 valence electrons. The van der Waals surface area contributed by atoms with Crippen LogP contribution < -0.4 is 0 Å². The summed E-state index contributed by atoms with van der Waals surface area (Å²) in [5.41, 5.74) is -0.850. The van der Waals surface area contributed by atoms with Gasteiger partial charge in [0.15, 0.2) is 0 Å². The SMILES string of the molecule is O=C(O)C(F)(F)c1ccc(-c2noc(C(F)(F)F)n2)cc1. The summed E-state index contributed by atoms with van der Waals surface area (Å²) in [5.74, 6) is -8.47. The number of hydrogen-bond acceptors (Lipinski definition) is 4. The maximum atomic E-state index is 13.2. The van der Waals surface area contributed by atoms with Crippen LogP contribution in [0.3, 0.4) is 0 Å². The van der Waals surface area contributed by atoms with Crippen molar-refractivity contribution in [2.45, 2.75) is 12.1 Å². The normalized spacial score (nSPS) is 12.4. The molecule has 0 saturated heterocycles. The molecule has 21 heavy (non-hydrogen) atoms. The number of carbonyl (C=O) groups is 1. The molecule has 0 aliphatic rings. The minimum atomic E-state index is -4.82. The molecule has 1 aromatic heterocycles. The average Bonchev–Trinajstić information content (AvgIpc) is 2.88. The first-order chi connectivity index (χ1) is 9.62. The Labute approximate surface area is 113 Å². The molecule has 5 nitrogen and oxygen atoms in total. The van der Waals surface area contributed by atoms with E-state index in [1.165, 1.54) is 0 Å². The third-order valence-corrected chi connectivity index (χ3v) is 2.44. The number of carboxylic acids is 1. The van der Waals surface area contributed by atoms with Crippen LogP contribution in [0.5, 0.6) is 0 Å². The van der Waals surface area contributed by atoms with Gasteiger partial charge in [-0.3, -0.25) is 0 Å². The lowest BCUT2D eigenvalue weighted by Gasteiger charge is -2.11. The van der Waals surface area contributed by atoms with Gasteiger partial charge in [-0.15, -0.1) is 0 Å². The number of halogens is 5. The molecule has 0 amide bonds. The zero-order chi connectivity index (χ0) is 15.8. The van der Waals surface area contributed by atoms with Crippen molar-refractivity contribution in [3.63, 3.8) is 0 Å². The van der Waals surface area contributed by atoms with E-state index < -0.39 is 35.3 Å². The van der Waals surface area contributed by atoms with E-state index in [0.29, 0.717) is 0 Å². The molecule has 0 fully saturated rings. The topological polar surface area (TPSA) is 76.2 Å². The van der Waals surface area contributed by atoms with E-state index in [9.17, 15) is 26.7 Å². The minimum absolute atomic E-state index is 0.0285.